The van der Waals surface area contributed by atoms with Gasteiger partial charge in [0, 0.05) is 11.1 Å². The normalized spacial score (nSPS) is 9.50. The summed E-state index contributed by atoms with van der Waals surface area (Å²) in [6.45, 7) is 2.23. The Balaban J connectivity index is 2.00. The Hall–Kier alpha value is -2.20. The first-order valence-corrected chi connectivity index (χ1v) is 8.01. The van der Waals surface area contributed by atoms with Gasteiger partial charge in [0.2, 0.25) is 0 Å². The van der Waals surface area contributed by atoms with Gasteiger partial charge in [0.25, 0.3) is 0 Å². The molecule has 0 amide bonds. The fraction of sp³-hybridized carbons (Fsp3) is 0.250. The molecule has 0 unspecified atom stereocenters. The van der Waals surface area contributed by atoms with Crippen molar-refractivity contribution >= 4 is 23.1 Å². The number of isothiocyanates is 1. The maximum Gasteiger partial charge on any atom is 0.0740 e. The van der Waals surface area contributed by atoms with Gasteiger partial charge in [-0.15, -0.1) is 0 Å². The molecule has 2 rings (SSSR count). The summed E-state index contributed by atoms with van der Waals surface area (Å²) >= 11 is 4.58. The van der Waals surface area contributed by atoms with Crippen LogP contribution in [0.5, 0.6) is 0 Å². The molecule has 0 aliphatic rings. The summed E-state index contributed by atoms with van der Waals surface area (Å²) in [5, 5.41) is 2.36. The second kappa shape index (κ2) is 8.95. The summed E-state index contributed by atoms with van der Waals surface area (Å²) < 4.78 is 0. The number of aryl methyl sites for hydroxylation is 1. The third-order valence-electron chi connectivity index (χ3n) is 3.42. The van der Waals surface area contributed by atoms with Crippen LogP contribution in [0, 0.1) is 11.8 Å². The Bertz CT molecular complexity index is 696. The SMILES string of the molecule is CCCCCc1ccc(C#Cc2ccc(N=C=S)cc2)cc1. The minimum Gasteiger partial charge on any atom is -0.195 e. The number of unbranched alkanes of at least 4 members (excludes halogenated alkanes) is 2. The van der Waals surface area contributed by atoms with Gasteiger partial charge < -0.3 is 0 Å². The van der Waals surface area contributed by atoms with E-state index in [0.717, 1.165) is 23.2 Å². The molecular formula is C20H19NS. The van der Waals surface area contributed by atoms with Gasteiger partial charge in [0.1, 0.15) is 0 Å². The number of nitrogens with zero attached hydrogens (tertiary/aromatic N) is 1. The molecule has 0 radical (unpaired) electrons. The molecule has 0 fully saturated rings. The number of benzene rings is 2. The van der Waals surface area contributed by atoms with Crippen LogP contribution in [0.3, 0.4) is 0 Å². The van der Waals surface area contributed by atoms with Crippen molar-refractivity contribution in [2.24, 2.45) is 4.99 Å². The lowest BCUT2D eigenvalue weighted by Gasteiger charge is -2.00. The summed E-state index contributed by atoms with van der Waals surface area (Å²) in [5.41, 5.74) is 4.20. The van der Waals surface area contributed by atoms with Crippen LogP contribution in [0.2, 0.25) is 0 Å². The summed E-state index contributed by atoms with van der Waals surface area (Å²) in [5.74, 6) is 6.35. The predicted octanol–water partition coefficient (Wildman–Crippen LogP) is 5.55. The molecule has 110 valence electrons. The van der Waals surface area contributed by atoms with Crippen molar-refractivity contribution in [2.75, 3.05) is 0 Å². The van der Waals surface area contributed by atoms with Crippen LogP contribution in [0.4, 0.5) is 5.69 Å². The fourth-order valence-corrected chi connectivity index (χ4v) is 2.26. The molecule has 0 spiro atoms. The summed E-state index contributed by atoms with van der Waals surface area (Å²) in [4.78, 5) is 3.92. The highest BCUT2D eigenvalue weighted by Gasteiger charge is 1.94. The molecule has 2 aromatic rings. The smallest absolute Gasteiger partial charge is 0.0740 e. The monoisotopic (exact) mass is 305 g/mol. The number of rotatable bonds is 5. The van der Waals surface area contributed by atoms with E-state index in [1.54, 1.807) is 0 Å². The highest BCUT2D eigenvalue weighted by Crippen LogP contribution is 2.12. The Morgan fingerprint density at radius 1 is 0.864 bits per heavy atom. The lowest BCUT2D eigenvalue weighted by Crippen LogP contribution is -1.85. The van der Waals surface area contributed by atoms with Gasteiger partial charge in [-0.3, -0.25) is 0 Å². The standard InChI is InChI=1S/C20H19NS/c1-2-3-4-5-17-6-8-18(9-7-17)10-11-19-12-14-20(15-13-19)21-16-22/h6-9,12-15H,2-5H2,1H3. The molecule has 0 bridgehead atoms. The van der Waals surface area contributed by atoms with Crippen LogP contribution >= 0.6 is 12.2 Å². The molecule has 22 heavy (non-hydrogen) atoms. The summed E-state index contributed by atoms with van der Waals surface area (Å²) in [7, 11) is 0. The average molecular weight is 305 g/mol. The molecule has 0 aromatic heterocycles. The first kappa shape index (κ1) is 16.2. The molecule has 0 saturated carbocycles. The first-order valence-electron chi connectivity index (χ1n) is 7.60. The minimum absolute atomic E-state index is 0.803. The zero-order valence-electron chi connectivity index (χ0n) is 12.8. The highest BCUT2D eigenvalue weighted by molar-refractivity contribution is 7.78. The Labute approximate surface area is 138 Å². The van der Waals surface area contributed by atoms with E-state index in [4.69, 9.17) is 0 Å². The number of thiocarbonyl (C=S) groups is 1. The number of hydrogen-bond acceptors (Lipinski definition) is 2. The van der Waals surface area contributed by atoms with Gasteiger partial charge >= 0.3 is 0 Å². The quantitative estimate of drug-likeness (QED) is 0.305. The zero-order chi connectivity index (χ0) is 15.6. The molecule has 0 heterocycles. The second-order valence-corrected chi connectivity index (χ2v) is 5.34. The molecule has 0 aliphatic heterocycles. The molecule has 0 aliphatic carbocycles. The van der Waals surface area contributed by atoms with E-state index < -0.39 is 0 Å². The largest absolute Gasteiger partial charge is 0.195 e. The van der Waals surface area contributed by atoms with Crippen molar-refractivity contribution in [1.82, 2.24) is 0 Å². The minimum atomic E-state index is 0.803. The second-order valence-electron chi connectivity index (χ2n) is 5.15. The maximum absolute atomic E-state index is 4.58. The van der Waals surface area contributed by atoms with E-state index in [0.29, 0.717) is 0 Å². The van der Waals surface area contributed by atoms with Crippen LogP contribution < -0.4 is 0 Å². The fourth-order valence-electron chi connectivity index (χ4n) is 2.15. The third kappa shape index (κ3) is 5.30. The molecule has 0 atom stereocenters. The zero-order valence-corrected chi connectivity index (χ0v) is 13.6. The molecule has 2 heteroatoms. The first-order chi connectivity index (χ1) is 10.8. The molecule has 1 nitrogen and oxygen atoms in total. The van der Waals surface area contributed by atoms with Crippen LogP contribution in [-0.4, -0.2) is 5.16 Å². The van der Waals surface area contributed by atoms with Gasteiger partial charge in [0.15, 0.2) is 0 Å². The Morgan fingerprint density at radius 2 is 1.45 bits per heavy atom. The average Bonchev–Trinajstić information content (AvgIpc) is 2.56. The van der Waals surface area contributed by atoms with Crippen LogP contribution in [0.1, 0.15) is 42.9 Å². The van der Waals surface area contributed by atoms with Gasteiger partial charge in [-0.25, -0.2) is 0 Å². The number of hydrogen-bond donors (Lipinski definition) is 0. The lowest BCUT2D eigenvalue weighted by molar-refractivity contribution is 0.717. The van der Waals surface area contributed by atoms with Crippen molar-refractivity contribution in [2.45, 2.75) is 32.6 Å². The van der Waals surface area contributed by atoms with E-state index >= 15 is 0 Å². The van der Waals surface area contributed by atoms with E-state index in [-0.39, 0.29) is 0 Å². The van der Waals surface area contributed by atoms with Gasteiger partial charge in [-0.1, -0.05) is 43.7 Å². The van der Waals surface area contributed by atoms with Crippen molar-refractivity contribution in [3.63, 3.8) is 0 Å². The molecule has 2 aromatic carbocycles. The topological polar surface area (TPSA) is 12.4 Å². The molecule has 0 saturated heterocycles. The van der Waals surface area contributed by atoms with E-state index in [1.165, 1.54) is 24.8 Å². The van der Waals surface area contributed by atoms with Gasteiger partial charge in [-0.2, -0.15) is 4.99 Å². The number of aliphatic imine (C=N–C) groups is 1. The van der Waals surface area contributed by atoms with Gasteiger partial charge in [-0.05, 0) is 67.0 Å². The summed E-state index contributed by atoms with van der Waals surface area (Å²) in [6.07, 6.45) is 4.98. The van der Waals surface area contributed by atoms with E-state index in [2.05, 4.69) is 65.4 Å². The maximum atomic E-state index is 4.58. The highest BCUT2D eigenvalue weighted by atomic mass is 32.1. The molecular weight excluding hydrogens is 286 g/mol. The lowest BCUT2D eigenvalue weighted by atomic mass is 10.1. The van der Waals surface area contributed by atoms with Crippen molar-refractivity contribution in [3.8, 4) is 11.8 Å². The van der Waals surface area contributed by atoms with E-state index in [9.17, 15) is 0 Å². The predicted molar refractivity (Wildman–Crippen MR) is 96.8 cm³/mol. The summed E-state index contributed by atoms with van der Waals surface area (Å²) in [6, 6.07) is 16.2. The third-order valence-corrected chi connectivity index (χ3v) is 3.51. The van der Waals surface area contributed by atoms with Crippen molar-refractivity contribution in [1.29, 1.82) is 0 Å². The van der Waals surface area contributed by atoms with Crippen LogP contribution in [0.15, 0.2) is 53.5 Å². The van der Waals surface area contributed by atoms with E-state index in [1.807, 2.05) is 24.3 Å². The Kier molecular flexibility index (Phi) is 6.58. The van der Waals surface area contributed by atoms with Crippen LogP contribution in [-0.2, 0) is 6.42 Å². The Morgan fingerprint density at radius 3 is 2.00 bits per heavy atom. The van der Waals surface area contributed by atoms with Crippen molar-refractivity contribution < 1.29 is 0 Å². The van der Waals surface area contributed by atoms with Gasteiger partial charge in [0.05, 0.1) is 10.8 Å². The molecule has 0 N–H and O–H groups in total. The van der Waals surface area contributed by atoms with Crippen LogP contribution in [0.25, 0.3) is 0 Å². The van der Waals surface area contributed by atoms with Crippen molar-refractivity contribution in [3.05, 3.63) is 65.2 Å².